The highest BCUT2D eigenvalue weighted by atomic mass is 31.2. The van der Waals surface area contributed by atoms with Gasteiger partial charge < -0.3 is 29.6 Å². The summed E-state index contributed by atoms with van der Waals surface area (Å²) in [6, 6.07) is 4.77. The van der Waals surface area contributed by atoms with Crippen molar-refractivity contribution in [3.05, 3.63) is 36.0 Å². The van der Waals surface area contributed by atoms with Crippen molar-refractivity contribution in [3.63, 3.8) is 0 Å². The molecule has 3 aliphatic rings. The number of amides is 1. The van der Waals surface area contributed by atoms with Gasteiger partial charge in [0, 0.05) is 32.1 Å². The molecule has 1 aromatic carbocycles. The molecule has 220 valence electrons. The highest BCUT2D eigenvalue weighted by Crippen LogP contribution is 2.37. The summed E-state index contributed by atoms with van der Waals surface area (Å²) in [7, 11) is -4.62. The van der Waals surface area contributed by atoms with Gasteiger partial charge in [-0.2, -0.15) is 28.2 Å². The minimum Gasteiger partial charge on any atom is -0.352 e. The number of alkyl halides is 3. The summed E-state index contributed by atoms with van der Waals surface area (Å²) in [5, 5.41) is 8.13. The molecule has 1 aliphatic carbocycles. The standard InChI is InChI=1S/C24H27F3N7O6P/c25-24(26,27)14-3-1-4-16(7-14)34-22-19(10-28-34)21(32-11-17(12-32)33-6-2-5-20(33)35)30-23(31-22)29-15-8-18(9-15)39-13-40-41(36,37)38/h1,3-4,7,10,15,17-18H,2,5-6,8-9,11-13H2,(H,29,30,31)(H2,36,37,38). The lowest BCUT2D eigenvalue weighted by Gasteiger charge is -2.44. The van der Waals surface area contributed by atoms with Crippen LogP contribution in [0.5, 0.6) is 0 Å². The van der Waals surface area contributed by atoms with Crippen LogP contribution in [0.25, 0.3) is 16.7 Å². The maximum absolute atomic E-state index is 13.4. The van der Waals surface area contributed by atoms with Gasteiger partial charge in [0.15, 0.2) is 12.4 Å². The molecule has 1 amide bonds. The van der Waals surface area contributed by atoms with Gasteiger partial charge >= 0.3 is 14.0 Å². The second kappa shape index (κ2) is 10.5. The Morgan fingerprint density at radius 3 is 2.63 bits per heavy atom. The zero-order valence-electron chi connectivity index (χ0n) is 21.6. The summed E-state index contributed by atoms with van der Waals surface area (Å²) in [6.07, 6.45) is -0.908. The van der Waals surface area contributed by atoms with Crippen molar-refractivity contribution >= 4 is 36.5 Å². The molecule has 0 atom stereocenters. The van der Waals surface area contributed by atoms with Crippen LogP contribution >= 0.6 is 7.82 Å². The smallest absolute Gasteiger partial charge is 0.352 e. The minimum atomic E-state index is -4.62. The third-order valence-corrected chi connectivity index (χ3v) is 7.93. The normalized spacial score (nSPS) is 21.8. The molecule has 3 aromatic rings. The molecule has 2 saturated heterocycles. The Kier molecular flexibility index (Phi) is 7.14. The van der Waals surface area contributed by atoms with Gasteiger partial charge in [0.05, 0.1) is 35.0 Å². The molecule has 2 aliphatic heterocycles. The molecule has 3 N–H and O–H groups in total. The predicted octanol–water partition coefficient (Wildman–Crippen LogP) is 2.67. The van der Waals surface area contributed by atoms with Crippen molar-refractivity contribution in [3.8, 4) is 5.69 Å². The number of phosphoric acid groups is 1. The summed E-state index contributed by atoms with van der Waals surface area (Å²) >= 11 is 0. The van der Waals surface area contributed by atoms with Crippen molar-refractivity contribution in [1.82, 2.24) is 24.6 Å². The Morgan fingerprint density at radius 2 is 1.95 bits per heavy atom. The molecule has 0 bridgehead atoms. The van der Waals surface area contributed by atoms with E-state index in [1.807, 2.05) is 9.80 Å². The van der Waals surface area contributed by atoms with Gasteiger partial charge in [-0.15, -0.1) is 0 Å². The van der Waals surface area contributed by atoms with E-state index in [9.17, 15) is 22.5 Å². The molecule has 0 radical (unpaired) electrons. The van der Waals surface area contributed by atoms with Crippen molar-refractivity contribution in [2.75, 3.05) is 36.6 Å². The number of likely N-dealkylation sites (tertiary alicyclic amines) is 1. The second-order valence-electron chi connectivity index (χ2n) is 10.3. The van der Waals surface area contributed by atoms with Crippen LogP contribution in [0, 0.1) is 0 Å². The zero-order valence-corrected chi connectivity index (χ0v) is 22.5. The number of ether oxygens (including phenoxy) is 1. The van der Waals surface area contributed by atoms with Gasteiger partial charge in [0.2, 0.25) is 11.9 Å². The quantitative estimate of drug-likeness (QED) is 0.246. The summed E-state index contributed by atoms with van der Waals surface area (Å²) in [4.78, 5) is 42.9. The zero-order chi connectivity index (χ0) is 28.9. The van der Waals surface area contributed by atoms with Crippen LogP contribution < -0.4 is 10.2 Å². The molecule has 6 rings (SSSR count). The van der Waals surface area contributed by atoms with Crippen molar-refractivity contribution in [2.45, 2.75) is 50.0 Å². The van der Waals surface area contributed by atoms with Crippen molar-refractivity contribution in [1.29, 1.82) is 0 Å². The third-order valence-electron chi connectivity index (χ3n) is 7.49. The van der Waals surface area contributed by atoms with E-state index >= 15 is 0 Å². The summed E-state index contributed by atoms with van der Waals surface area (Å²) < 4.78 is 62.0. The largest absolute Gasteiger partial charge is 0.471 e. The van der Waals surface area contributed by atoms with Crippen LogP contribution in [0.2, 0.25) is 0 Å². The van der Waals surface area contributed by atoms with Gasteiger partial charge in [0.1, 0.15) is 5.82 Å². The average molecular weight is 597 g/mol. The van der Waals surface area contributed by atoms with E-state index in [1.54, 1.807) is 0 Å². The van der Waals surface area contributed by atoms with E-state index in [0.717, 1.165) is 25.1 Å². The predicted molar refractivity (Wildman–Crippen MR) is 138 cm³/mol. The van der Waals surface area contributed by atoms with Crippen LogP contribution in [0.3, 0.4) is 0 Å². The highest BCUT2D eigenvalue weighted by molar-refractivity contribution is 7.46. The van der Waals surface area contributed by atoms with Gasteiger partial charge in [-0.3, -0.25) is 9.32 Å². The topological polar surface area (TPSA) is 155 Å². The van der Waals surface area contributed by atoms with Crippen LogP contribution in [0.4, 0.5) is 24.9 Å². The molecule has 13 nitrogen and oxygen atoms in total. The number of hydrogen-bond donors (Lipinski definition) is 3. The molecule has 3 fully saturated rings. The number of carbonyl (C=O) groups excluding carboxylic acids is 1. The van der Waals surface area contributed by atoms with Crippen LogP contribution in [0.15, 0.2) is 30.5 Å². The number of anilines is 2. The fourth-order valence-electron chi connectivity index (χ4n) is 5.28. The van der Waals surface area contributed by atoms with Gasteiger partial charge in [-0.05, 0) is 37.5 Å². The van der Waals surface area contributed by atoms with Crippen molar-refractivity contribution in [2.24, 2.45) is 0 Å². The first-order valence-corrected chi connectivity index (χ1v) is 14.5. The number of hydrogen-bond acceptors (Lipinski definition) is 9. The first-order chi connectivity index (χ1) is 19.4. The first-order valence-electron chi connectivity index (χ1n) is 13.0. The number of phosphoric ester groups is 1. The lowest BCUT2D eigenvalue weighted by Crippen LogP contribution is -2.60. The Morgan fingerprint density at radius 1 is 1.17 bits per heavy atom. The number of aromatic nitrogens is 4. The molecule has 0 spiro atoms. The number of rotatable bonds is 9. The second-order valence-corrected chi connectivity index (χ2v) is 11.5. The van der Waals surface area contributed by atoms with E-state index in [0.29, 0.717) is 49.2 Å². The number of fused-ring (bicyclic) bond motifs is 1. The molecule has 2 aromatic heterocycles. The van der Waals surface area contributed by atoms with E-state index in [1.165, 1.54) is 23.0 Å². The molecule has 0 unspecified atom stereocenters. The lowest BCUT2D eigenvalue weighted by atomic mass is 9.89. The summed E-state index contributed by atoms with van der Waals surface area (Å²) in [5.74, 6) is 0.938. The van der Waals surface area contributed by atoms with E-state index in [4.69, 9.17) is 19.5 Å². The molecule has 4 heterocycles. The third kappa shape index (κ3) is 5.88. The maximum Gasteiger partial charge on any atom is 0.471 e. The van der Waals surface area contributed by atoms with Crippen LogP contribution in [-0.2, 0) is 24.8 Å². The SMILES string of the molecule is O=C1CCCN1C1CN(c2nc(NC3CC(OCOP(=O)(O)O)C3)nc3c2cnn3-c2cccc(C(F)(F)F)c2)C1. The molecular formula is C24H27F3N7O6P. The Labute approximate surface area is 231 Å². The summed E-state index contributed by atoms with van der Waals surface area (Å²) in [6.45, 7) is 1.30. The molecule has 1 saturated carbocycles. The Bertz CT molecular complexity index is 1500. The molecule has 17 heteroatoms. The first kappa shape index (κ1) is 27.8. The van der Waals surface area contributed by atoms with Crippen molar-refractivity contribution < 1.29 is 41.6 Å². The van der Waals surface area contributed by atoms with Gasteiger partial charge in [0.25, 0.3) is 0 Å². The number of carbonyl (C=O) groups is 1. The fraction of sp³-hybridized carbons (Fsp3) is 0.500. The maximum atomic E-state index is 13.4. The monoisotopic (exact) mass is 597 g/mol. The summed E-state index contributed by atoms with van der Waals surface area (Å²) in [5.41, 5.74) is -0.299. The Hall–Kier alpha value is -3.30. The number of halogens is 3. The molecule has 41 heavy (non-hydrogen) atoms. The van der Waals surface area contributed by atoms with Crippen LogP contribution in [-0.4, -0.2) is 85.0 Å². The fourth-order valence-corrected chi connectivity index (χ4v) is 5.48. The van der Waals surface area contributed by atoms with Gasteiger partial charge in [-0.1, -0.05) is 6.07 Å². The highest BCUT2D eigenvalue weighted by Gasteiger charge is 2.39. The minimum absolute atomic E-state index is 0.0600. The Balaban J connectivity index is 1.25. The number of benzene rings is 1. The molecular weight excluding hydrogens is 570 g/mol. The lowest BCUT2D eigenvalue weighted by molar-refractivity contribution is -0.137. The van der Waals surface area contributed by atoms with Crippen LogP contribution in [0.1, 0.15) is 31.2 Å². The average Bonchev–Trinajstić information content (AvgIpc) is 3.47. The number of nitrogens with zero attached hydrogens (tertiary/aromatic N) is 6. The van der Waals surface area contributed by atoms with E-state index < -0.39 is 26.4 Å². The van der Waals surface area contributed by atoms with E-state index in [2.05, 4.69) is 19.9 Å². The van der Waals surface area contributed by atoms with Gasteiger partial charge in [-0.25, -0.2) is 9.25 Å². The van der Waals surface area contributed by atoms with E-state index in [-0.39, 0.29) is 35.7 Å². The number of nitrogens with one attached hydrogen (secondary N) is 1.